The molecule has 0 aromatic heterocycles. The highest BCUT2D eigenvalue weighted by atomic mass is 32.2. The number of methoxy groups -OCH3 is 1. The Morgan fingerprint density at radius 3 is 2.32 bits per heavy atom. The summed E-state index contributed by atoms with van der Waals surface area (Å²) in [4.78, 5) is 14.5. The van der Waals surface area contributed by atoms with Crippen molar-refractivity contribution in [1.29, 1.82) is 0 Å². The van der Waals surface area contributed by atoms with Crippen LogP contribution in [-0.4, -0.2) is 42.0 Å². The summed E-state index contributed by atoms with van der Waals surface area (Å²) in [5.41, 5.74) is 0.891. The second kappa shape index (κ2) is 9.61. The summed E-state index contributed by atoms with van der Waals surface area (Å²) in [6, 6.07) is 15.0. The van der Waals surface area contributed by atoms with Gasteiger partial charge in [0, 0.05) is 12.6 Å². The van der Waals surface area contributed by atoms with Crippen LogP contribution in [0.2, 0.25) is 0 Å². The van der Waals surface area contributed by atoms with Gasteiger partial charge in [0.25, 0.3) is 5.91 Å². The van der Waals surface area contributed by atoms with Gasteiger partial charge in [0.1, 0.15) is 34.8 Å². The average Bonchev–Trinajstić information content (AvgIpc) is 2.98. The van der Waals surface area contributed by atoms with Crippen molar-refractivity contribution in [2.24, 2.45) is 0 Å². The van der Waals surface area contributed by atoms with Crippen LogP contribution in [0.3, 0.4) is 0 Å². The van der Waals surface area contributed by atoms with E-state index in [0.29, 0.717) is 34.7 Å². The van der Waals surface area contributed by atoms with E-state index >= 15 is 0 Å². The Hall–Kier alpha value is -2.51. The first-order valence-corrected chi connectivity index (χ1v) is 10.1. The van der Waals surface area contributed by atoms with Crippen LogP contribution in [0, 0.1) is 0 Å². The van der Waals surface area contributed by atoms with Crippen LogP contribution in [0.5, 0.6) is 17.2 Å². The van der Waals surface area contributed by atoms with Crippen LogP contribution in [0.1, 0.15) is 12.5 Å². The Morgan fingerprint density at radius 2 is 1.68 bits per heavy atom. The average molecular weight is 416 g/mol. The SMILES string of the molecule is CCN1C(=O)C(=Cc2cccc(OCCOc3cccc(OC)c3)c2)SC1=S. The van der Waals surface area contributed by atoms with Crippen molar-refractivity contribution in [3.8, 4) is 17.2 Å². The third-order valence-corrected chi connectivity index (χ3v) is 5.39. The highest BCUT2D eigenvalue weighted by molar-refractivity contribution is 8.26. The number of rotatable bonds is 8. The first-order chi connectivity index (χ1) is 13.6. The zero-order valence-electron chi connectivity index (χ0n) is 15.7. The first kappa shape index (κ1) is 20.2. The molecule has 28 heavy (non-hydrogen) atoms. The quantitative estimate of drug-likeness (QED) is 0.362. The zero-order valence-corrected chi connectivity index (χ0v) is 17.3. The minimum absolute atomic E-state index is 0.0458. The number of thiocarbonyl (C=S) groups is 1. The number of hydrogen-bond donors (Lipinski definition) is 0. The summed E-state index contributed by atoms with van der Waals surface area (Å²) in [6.07, 6.45) is 1.84. The van der Waals surface area contributed by atoms with Crippen LogP contribution < -0.4 is 14.2 Å². The van der Waals surface area contributed by atoms with Gasteiger partial charge in [0.15, 0.2) is 0 Å². The number of ether oxygens (including phenoxy) is 3. The predicted octanol–water partition coefficient (Wildman–Crippen LogP) is 4.37. The smallest absolute Gasteiger partial charge is 0.266 e. The van der Waals surface area contributed by atoms with Gasteiger partial charge in [-0.2, -0.15) is 0 Å². The molecule has 1 aliphatic rings. The molecule has 1 amide bonds. The number of likely N-dealkylation sites (N-methyl/N-ethyl adjacent to an activating group) is 1. The third-order valence-electron chi connectivity index (χ3n) is 4.01. The summed E-state index contributed by atoms with van der Waals surface area (Å²) in [5.74, 6) is 2.15. The molecule has 0 N–H and O–H groups in total. The van der Waals surface area contributed by atoms with Crippen LogP contribution in [-0.2, 0) is 4.79 Å². The molecule has 0 bridgehead atoms. The summed E-state index contributed by atoms with van der Waals surface area (Å²) >= 11 is 6.57. The molecule has 1 fully saturated rings. The fraction of sp³-hybridized carbons (Fsp3) is 0.238. The molecule has 3 rings (SSSR count). The number of benzene rings is 2. The molecule has 5 nitrogen and oxygen atoms in total. The molecule has 1 saturated heterocycles. The monoisotopic (exact) mass is 415 g/mol. The minimum atomic E-state index is -0.0458. The van der Waals surface area contributed by atoms with Gasteiger partial charge >= 0.3 is 0 Å². The van der Waals surface area contributed by atoms with Gasteiger partial charge in [-0.1, -0.05) is 42.2 Å². The van der Waals surface area contributed by atoms with E-state index < -0.39 is 0 Å². The van der Waals surface area contributed by atoms with Gasteiger partial charge in [-0.25, -0.2) is 0 Å². The van der Waals surface area contributed by atoms with Gasteiger partial charge in [-0.05, 0) is 42.8 Å². The van der Waals surface area contributed by atoms with Crippen LogP contribution >= 0.6 is 24.0 Å². The van der Waals surface area contributed by atoms with Crippen LogP contribution in [0.25, 0.3) is 6.08 Å². The molecule has 0 aliphatic carbocycles. The number of nitrogens with zero attached hydrogens (tertiary/aromatic N) is 1. The van der Waals surface area contributed by atoms with Gasteiger partial charge in [0.2, 0.25) is 0 Å². The van der Waals surface area contributed by atoms with E-state index in [2.05, 4.69) is 0 Å². The lowest BCUT2D eigenvalue weighted by atomic mass is 10.2. The topological polar surface area (TPSA) is 48.0 Å². The molecule has 0 spiro atoms. The summed E-state index contributed by atoms with van der Waals surface area (Å²) in [5, 5.41) is 0. The van der Waals surface area contributed by atoms with E-state index in [1.54, 1.807) is 12.0 Å². The van der Waals surface area contributed by atoms with Gasteiger partial charge in [0.05, 0.1) is 12.0 Å². The lowest BCUT2D eigenvalue weighted by Gasteiger charge is -2.10. The number of carbonyl (C=O) groups excluding carboxylic acids is 1. The van der Waals surface area contributed by atoms with E-state index in [-0.39, 0.29) is 5.91 Å². The maximum atomic E-state index is 12.3. The van der Waals surface area contributed by atoms with E-state index in [4.69, 9.17) is 26.4 Å². The normalized spacial score (nSPS) is 15.2. The minimum Gasteiger partial charge on any atom is -0.497 e. The Balaban J connectivity index is 1.56. The standard InChI is InChI=1S/C21H21NO4S2/c1-3-22-20(23)19(28-21(22)27)13-15-6-4-8-17(12-15)25-10-11-26-18-9-5-7-16(14-18)24-2/h4-9,12-14H,3,10-11H2,1-2H3. The molecule has 0 atom stereocenters. The summed E-state index contributed by atoms with van der Waals surface area (Å²) < 4.78 is 17.2. The fourth-order valence-electron chi connectivity index (χ4n) is 2.63. The molecule has 0 radical (unpaired) electrons. The maximum Gasteiger partial charge on any atom is 0.266 e. The van der Waals surface area contributed by atoms with Crippen LogP contribution in [0.15, 0.2) is 53.4 Å². The maximum absolute atomic E-state index is 12.3. The molecule has 0 saturated carbocycles. The molecule has 1 heterocycles. The number of thioether (sulfide) groups is 1. The molecular formula is C21H21NO4S2. The lowest BCUT2D eigenvalue weighted by molar-refractivity contribution is -0.121. The van der Waals surface area contributed by atoms with Crippen molar-refractivity contribution in [3.05, 3.63) is 59.0 Å². The van der Waals surface area contributed by atoms with Crippen molar-refractivity contribution >= 4 is 40.3 Å². The fourth-order valence-corrected chi connectivity index (χ4v) is 4.01. The van der Waals surface area contributed by atoms with Crippen molar-refractivity contribution in [2.75, 3.05) is 26.9 Å². The molecule has 146 valence electrons. The zero-order chi connectivity index (χ0) is 19.9. The first-order valence-electron chi connectivity index (χ1n) is 8.86. The van der Waals surface area contributed by atoms with E-state index in [1.807, 2.05) is 61.5 Å². The van der Waals surface area contributed by atoms with Gasteiger partial charge in [-0.15, -0.1) is 0 Å². The predicted molar refractivity (Wildman–Crippen MR) is 116 cm³/mol. The van der Waals surface area contributed by atoms with Crippen molar-refractivity contribution in [1.82, 2.24) is 4.90 Å². The van der Waals surface area contributed by atoms with Crippen molar-refractivity contribution < 1.29 is 19.0 Å². The van der Waals surface area contributed by atoms with Crippen molar-refractivity contribution in [2.45, 2.75) is 6.92 Å². The molecule has 1 aliphatic heterocycles. The molecule has 2 aromatic rings. The molecule has 7 heteroatoms. The summed E-state index contributed by atoms with van der Waals surface area (Å²) in [6.45, 7) is 3.30. The van der Waals surface area contributed by atoms with E-state index in [1.165, 1.54) is 11.8 Å². The van der Waals surface area contributed by atoms with E-state index in [9.17, 15) is 4.79 Å². The number of hydrogen-bond acceptors (Lipinski definition) is 6. The van der Waals surface area contributed by atoms with Gasteiger partial charge in [-0.3, -0.25) is 9.69 Å². The Kier molecular flexibility index (Phi) is 6.95. The second-order valence-electron chi connectivity index (χ2n) is 5.87. The summed E-state index contributed by atoms with van der Waals surface area (Å²) in [7, 11) is 1.62. The number of carbonyl (C=O) groups is 1. The number of amides is 1. The van der Waals surface area contributed by atoms with Crippen molar-refractivity contribution in [3.63, 3.8) is 0 Å². The lowest BCUT2D eigenvalue weighted by Crippen LogP contribution is -2.27. The third kappa shape index (κ3) is 5.05. The largest absolute Gasteiger partial charge is 0.497 e. The highest BCUT2D eigenvalue weighted by Gasteiger charge is 2.30. The Bertz CT molecular complexity index is 897. The Labute approximate surface area is 174 Å². The second-order valence-corrected chi connectivity index (χ2v) is 7.55. The Morgan fingerprint density at radius 1 is 1.04 bits per heavy atom. The van der Waals surface area contributed by atoms with Crippen LogP contribution in [0.4, 0.5) is 0 Å². The molecule has 2 aromatic carbocycles. The molecular weight excluding hydrogens is 394 g/mol. The van der Waals surface area contributed by atoms with E-state index in [0.717, 1.165) is 17.1 Å². The van der Waals surface area contributed by atoms with Gasteiger partial charge < -0.3 is 14.2 Å². The highest BCUT2D eigenvalue weighted by Crippen LogP contribution is 2.32. The molecule has 0 unspecified atom stereocenters.